The third-order valence-electron chi connectivity index (χ3n) is 6.83. The molecule has 0 bridgehead atoms. The number of pyridine rings is 1. The van der Waals surface area contributed by atoms with Crippen LogP contribution in [0.2, 0.25) is 0 Å². The lowest BCUT2D eigenvalue weighted by Gasteiger charge is -2.16. The second-order valence-corrected chi connectivity index (χ2v) is 9.58. The van der Waals surface area contributed by atoms with E-state index >= 15 is 0 Å². The number of ether oxygens (including phenoxy) is 4. The van der Waals surface area contributed by atoms with Crippen molar-refractivity contribution in [3.05, 3.63) is 75.7 Å². The average Bonchev–Trinajstić information content (AvgIpc) is 3.47. The van der Waals surface area contributed by atoms with Gasteiger partial charge in [-0.05, 0) is 54.7 Å². The number of anilines is 2. The average molecular weight is 576 g/mol. The van der Waals surface area contributed by atoms with Gasteiger partial charge in [-0.15, -0.1) is 0 Å². The summed E-state index contributed by atoms with van der Waals surface area (Å²) < 4.78 is 23.6. The van der Waals surface area contributed by atoms with Gasteiger partial charge < -0.3 is 28.8 Å². The molecule has 220 valence electrons. The number of carbonyl (C=O) groups is 1. The molecule has 0 spiro atoms. The van der Waals surface area contributed by atoms with Crippen molar-refractivity contribution in [1.29, 1.82) is 0 Å². The second kappa shape index (κ2) is 13.4. The van der Waals surface area contributed by atoms with E-state index in [-0.39, 0.29) is 16.9 Å². The van der Waals surface area contributed by atoms with Crippen LogP contribution in [0, 0.1) is 0 Å². The molecule has 1 amide bonds. The first-order valence-corrected chi connectivity index (χ1v) is 13.5. The first kappa shape index (κ1) is 29.0. The molecule has 4 aromatic rings. The molecule has 2 heterocycles. The van der Waals surface area contributed by atoms with Crippen LogP contribution in [0.4, 0.5) is 11.6 Å². The Balaban J connectivity index is 1.54. The summed E-state index contributed by atoms with van der Waals surface area (Å²) in [5, 5.41) is 3.38. The van der Waals surface area contributed by atoms with Gasteiger partial charge in [0.25, 0.3) is 5.91 Å². The van der Waals surface area contributed by atoms with Gasteiger partial charge in [0.2, 0.25) is 11.4 Å². The molecule has 5 rings (SSSR count). The maximum Gasteiger partial charge on any atom is 0.280 e. The molecule has 0 aliphatic heterocycles. The quantitative estimate of drug-likeness (QED) is 0.180. The molecule has 0 fully saturated rings. The lowest BCUT2D eigenvalue weighted by molar-refractivity contribution is 0.0536. The number of hydrogen-bond acceptors (Lipinski definition) is 10. The SMILES string of the molecule is COCCOc1ccc(Nc2ncc3c(=O)c(C(=O)NOC)cn(-c4ccc5c(c4)CCC5)c3n2)cc1OCCOC. The molecule has 1 aliphatic rings. The van der Waals surface area contributed by atoms with Crippen molar-refractivity contribution < 1.29 is 28.6 Å². The normalized spacial score (nSPS) is 12.3. The molecule has 12 heteroatoms. The van der Waals surface area contributed by atoms with E-state index in [1.165, 1.54) is 30.6 Å². The van der Waals surface area contributed by atoms with Crippen molar-refractivity contribution in [2.24, 2.45) is 0 Å². The van der Waals surface area contributed by atoms with E-state index in [0.717, 1.165) is 24.9 Å². The molecule has 0 saturated carbocycles. The summed E-state index contributed by atoms with van der Waals surface area (Å²) >= 11 is 0. The largest absolute Gasteiger partial charge is 0.487 e. The van der Waals surface area contributed by atoms with Gasteiger partial charge in [0, 0.05) is 44.1 Å². The van der Waals surface area contributed by atoms with Crippen molar-refractivity contribution in [2.75, 3.05) is 53.1 Å². The third kappa shape index (κ3) is 6.35. The summed E-state index contributed by atoms with van der Waals surface area (Å²) in [4.78, 5) is 39.9. The Morgan fingerprint density at radius 1 is 0.929 bits per heavy atom. The fourth-order valence-electron chi connectivity index (χ4n) is 4.80. The van der Waals surface area contributed by atoms with E-state index in [1.807, 2.05) is 12.1 Å². The Morgan fingerprint density at radius 3 is 2.45 bits per heavy atom. The van der Waals surface area contributed by atoms with Crippen LogP contribution in [0.25, 0.3) is 16.7 Å². The lowest BCUT2D eigenvalue weighted by Crippen LogP contribution is -2.29. The maximum atomic E-state index is 13.3. The van der Waals surface area contributed by atoms with Gasteiger partial charge in [-0.25, -0.2) is 10.5 Å². The van der Waals surface area contributed by atoms with E-state index in [1.54, 1.807) is 30.9 Å². The van der Waals surface area contributed by atoms with Crippen LogP contribution < -0.4 is 25.7 Å². The predicted molar refractivity (Wildman–Crippen MR) is 156 cm³/mol. The topological polar surface area (TPSA) is 135 Å². The number of rotatable bonds is 13. The third-order valence-corrected chi connectivity index (χ3v) is 6.83. The number of amides is 1. The number of aryl methyl sites for hydroxylation is 2. The van der Waals surface area contributed by atoms with E-state index in [2.05, 4.69) is 27.9 Å². The van der Waals surface area contributed by atoms with Crippen molar-refractivity contribution in [3.63, 3.8) is 0 Å². The Labute approximate surface area is 242 Å². The van der Waals surface area contributed by atoms with E-state index in [0.29, 0.717) is 49.3 Å². The summed E-state index contributed by atoms with van der Waals surface area (Å²) in [6, 6.07) is 11.5. The van der Waals surface area contributed by atoms with E-state index in [9.17, 15) is 9.59 Å². The van der Waals surface area contributed by atoms with Gasteiger partial charge >= 0.3 is 0 Å². The molecule has 0 saturated heterocycles. The minimum Gasteiger partial charge on any atom is -0.487 e. The van der Waals surface area contributed by atoms with Crippen molar-refractivity contribution in [1.82, 2.24) is 20.0 Å². The number of nitrogens with zero attached hydrogens (tertiary/aromatic N) is 3. The van der Waals surface area contributed by atoms with Gasteiger partial charge in [-0.2, -0.15) is 4.98 Å². The zero-order valence-corrected chi connectivity index (χ0v) is 23.8. The Morgan fingerprint density at radius 2 is 1.69 bits per heavy atom. The maximum absolute atomic E-state index is 13.3. The molecular weight excluding hydrogens is 542 g/mol. The number of aromatic nitrogens is 3. The zero-order chi connectivity index (χ0) is 29.5. The highest BCUT2D eigenvalue weighted by atomic mass is 16.6. The molecule has 0 unspecified atom stereocenters. The molecule has 1 aliphatic carbocycles. The lowest BCUT2D eigenvalue weighted by atomic mass is 10.1. The van der Waals surface area contributed by atoms with Crippen LogP contribution in [0.3, 0.4) is 0 Å². The highest BCUT2D eigenvalue weighted by Crippen LogP contribution is 2.32. The van der Waals surface area contributed by atoms with Crippen LogP contribution in [-0.2, 0) is 27.2 Å². The van der Waals surface area contributed by atoms with Crippen LogP contribution in [-0.4, -0.2) is 68.2 Å². The summed E-state index contributed by atoms with van der Waals surface area (Å²) in [5.74, 6) is 0.662. The Bertz CT molecular complexity index is 1640. The minimum absolute atomic E-state index is 0.0870. The number of fused-ring (bicyclic) bond motifs is 2. The smallest absolute Gasteiger partial charge is 0.280 e. The highest BCUT2D eigenvalue weighted by molar-refractivity contribution is 5.96. The summed E-state index contributed by atoms with van der Waals surface area (Å²) in [6.45, 7) is 1.54. The molecule has 12 nitrogen and oxygen atoms in total. The standard InChI is InChI=1S/C30H33N5O7/c1-38-11-13-41-25-10-8-21(16-26(25)42-14-12-39-2)32-30-31-17-23-27(36)24(29(37)34-40-3)18-35(28(23)33-30)22-9-7-19-5-4-6-20(19)15-22/h7-10,15-18H,4-6,11-14H2,1-3H3,(H,34,37)(H,31,32,33). The summed E-state index contributed by atoms with van der Waals surface area (Å²) in [7, 11) is 4.52. The molecular formula is C30H33N5O7. The fraction of sp³-hybridized carbons (Fsp3) is 0.333. The van der Waals surface area contributed by atoms with Crippen molar-refractivity contribution in [2.45, 2.75) is 19.3 Å². The van der Waals surface area contributed by atoms with Crippen LogP contribution in [0.1, 0.15) is 27.9 Å². The van der Waals surface area contributed by atoms with Gasteiger partial charge in [0.15, 0.2) is 17.1 Å². The molecule has 2 aromatic heterocycles. The fourth-order valence-corrected chi connectivity index (χ4v) is 4.80. The highest BCUT2D eigenvalue weighted by Gasteiger charge is 2.20. The van der Waals surface area contributed by atoms with Crippen LogP contribution >= 0.6 is 0 Å². The molecule has 2 N–H and O–H groups in total. The van der Waals surface area contributed by atoms with Gasteiger partial charge in [0.1, 0.15) is 18.8 Å². The minimum atomic E-state index is -0.657. The molecule has 0 radical (unpaired) electrons. The number of nitrogens with one attached hydrogen (secondary N) is 2. The monoisotopic (exact) mass is 575 g/mol. The zero-order valence-electron chi connectivity index (χ0n) is 23.8. The van der Waals surface area contributed by atoms with Crippen LogP contribution in [0.5, 0.6) is 11.5 Å². The van der Waals surface area contributed by atoms with Gasteiger partial charge in [0.05, 0.1) is 25.7 Å². The van der Waals surface area contributed by atoms with Crippen LogP contribution in [0.15, 0.2) is 53.6 Å². The Hall–Kier alpha value is -4.52. The summed E-state index contributed by atoms with van der Waals surface area (Å²) in [5.41, 5.74) is 5.95. The van der Waals surface area contributed by atoms with Crippen molar-refractivity contribution in [3.8, 4) is 17.2 Å². The first-order valence-electron chi connectivity index (χ1n) is 13.5. The second-order valence-electron chi connectivity index (χ2n) is 9.58. The number of hydrogen-bond donors (Lipinski definition) is 2. The Kier molecular flexibility index (Phi) is 9.27. The van der Waals surface area contributed by atoms with E-state index in [4.69, 9.17) is 28.8 Å². The predicted octanol–water partition coefficient (Wildman–Crippen LogP) is 3.35. The molecule has 0 atom stereocenters. The summed E-state index contributed by atoms with van der Waals surface area (Å²) in [6.07, 6.45) is 6.00. The number of hydroxylamine groups is 1. The number of methoxy groups -OCH3 is 2. The van der Waals surface area contributed by atoms with Crippen molar-refractivity contribution >= 4 is 28.6 Å². The van der Waals surface area contributed by atoms with Gasteiger partial charge in [-0.3, -0.25) is 14.4 Å². The first-order chi connectivity index (χ1) is 20.5. The van der Waals surface area contributed by atoms with E-state index < -0.39 is 11.3 Å². The van der Waals surface area contributed by atoms with Gasteiger partial charge in [-0.1, -0.05) is 6.07 Å². The molecule has 42 heavy (non-hydrogen) atoms. The molecule has 2 aromatic carbocycles. The number of carbonyl (C=O) groups excluding carboxylic acids is 1. The number of benzene rings is 2.